The van der Waals surface area contributed by atoms with Gasteiger partial charge in [-0.15, -0.1) is 0 Å². The molecule has 0 saturated heterocycles. The number of phosphoric acid groups is 1. The number of aliphatic carboxylic acids is 1. The Morgan fingerprint density at radius 3 is 0.985 bits per heavy atom. The van der Waals surface area contributed by atoms with Gasteiger partial charge in [0.25, 0.3) is 0 Å². The first kappa shape index (κ1) is 99.0. The first-order valence-corrected chi connectivity index (χ1v) is 44.4. The summed E-state index contributed by atoms with van der Waals surface area (Å²) in [6.07, 6.45) is 0.952. The Hall–Kier alpha value is 0.665. The molecule has 0 radical (unpaired) electrons. The van der Waals surface area contributed by atoms with Crippen molar-refractivity contribution in [2.24, 2.45) is 0 Å². The van der Waals surface area contributed by atoms with Gasteiger partial charge in [0, 0.05) is 13.2 Å². The Morgan fingerprint density at radius 1 is 0.431 bits per heavy atom. The van der Waals surface area contributed by atoms with Crippen molar-refractivity contribution in [3.8, 4) is 0 Å². The molecule has 0 rings (SSSR count). The average molecular weight is 1110 g/mol. The molecule has 0 spiro atoms. The van der Waals surface area contributed by atoms with Crippen LogP contribution in [0.25, 0.3) is 0 Å². The molecule has 0 aromatic heterocycles. The molecule has 0 aliphatic heterocycles. The van der Waals surface area contributed by atoms with Gasteiger partial charge in [-0.25, -0.2) is 4.57 Å². The molecule has 0 amide bonds. The predicted molar refractivity (Wildman–Crippen MR) is 308 cm³/mol. The van der Waals surface area contributed by atoms with Crippen molar-refractivity contribution >= 4 is 87.1 Å². The highest BCUT2D eigenvalue weighted by Gasteiger charge is 2.45. The van der Waals surface area contributed by atoms with Crippen LogP contribution in [0, 0.1) is 0 Å². The summed E-state index contributed by atoms with van der Waals surface area (Å²) in [5, 5.41) is 8.58. The second-order valence-corrected chi connectivity index (χ2v) is 52.6. The number of carbonyl (C=O) groups excluding carboxylic acids is 1. The molecule has 0 aromatic carbocycles. The predicted octanol–water partition coefficient (Wildman–Crippen LogP) is 14.9. The molecule has 24 heteroatoms. The summed E-state index contributed by atoms with van der Waals surface area (Å²) in [7, 11) is -21.0. The van der Waals surface area contributed by atoms with Crippen molar-refractivity contribution in [3.05, 3.63) is 0 Å². The van der Waals surface area contributed by atoms with Crippen LogP contribution >= 0.6 is 7.82 Å². The van der Waals surface area contributed by atoms with Crippen molar-refractivity contribution in [1.82, 2.24) is 0 Å². The van der Waals surface area contributed by atoms with E-state index in [0.717, 1.165) is 18.5 Å². The Bertz CT molecular complexity index is 1180. The number of Topliss-reactive ketones (excluding diaryl/α,β-unsaturated/α-hetero) is 1. The Kier molecular flexibility index (Phi) is 62.9. The van der Waals surface area contributed by atoms with Gasteiger partial charge in [-0.2, -0.15) is 0 Å². The number of phosphoric ester groups is 1. The minimum Gasteiger partial charge on any atom is -0.481 e. The summed E-state index contributed by atoms with van der Waals surface area (Å²) in [4.78, 5) is 39.1. The fourth-order valence-corrected chi connectivity index (χ4v) is 42.0. The van der Waals surface area contributed by atoms with E-state index in [1.165, 1.54) is 0 Å². The first-order valence-electron chi connectivity index (χ1n) is 18.6. The van der Waals surface area contributed by atoms with Crippen LogP contribution in [0.5, 0.6) is 0 Å². The molecule has 2 unspecified atom stereocenters. The third-order valence-electron chi connectivity index (χ3n) is 6.01. The molecule has 412 valence electrons. The topological polar surface area (TPSA) is 195 Å². The second-order valence-electron chi connectivity index (χ2n) is 18.4. The lowest BCUT2D eigenvalue weighted by Crippen LogP contribution is -2.56. The maximum Gasteiger partial charge on any atom is 0.469 e. The van der Waals surface area contributed by atoms with E-state index in [1.807, 2.05) is 0 Å². The van der Waals surface area contributed by atoms with Gasteiger partial charge in [0.15, 0.2) is 39.1 Å². The molecule has 0 aliphatic carbocycles. The Morgan fingerprint density at radius 2 is 0.723 bits per heavy atom. The molecule has 0 saturated carbocycles. The average Bonchev–Trinajstić information content (AvgIpc) is 2.80. The lowest BCUT2D eigenvalue weighted by molar-refractivity contribution is -0.141. The number of carboxylic acid groups (broad SMARTS) is 1. The van der Waals surface area contributed by atoms with Crippen molar-refractivity contribution in [2.75, 3.05) is 33.0 Å². The van der Waals surface area contributed by atoms with Crippen LogP contribution in [0.3, 0.4) is 0 Å². The van der Waals surface area contributed by atoms with Crippen molar-refractivity contribution in [3.63, 3.8) is 0 Å². The maximum absolute atomic E-state index is 11.4. The quantitative estimate of drug-likeness (QED) is 0.0289. The zero-order valence-electron chi connectivity index (χ0n) is 36.8. The summed E-state index contributed by atoms with van der Waals surface area (Å²) in [5.41, 5.74) is 0. The van der Waals surface area contributed by atoms with Gasteiger partial charge in [0.2, 0.25) is 0 Å². The fourth-order valence-electron chi connectivity index (χ4n) is 5.81. The van der Waals surface area contributed by atoms with Gasteiger partial charge in [0.1, 0.15) is 13.0 Å². The number of hydrogen-bond acceptors (Lipinski definition) is 12. The van der Waals surface area contributed by atoms with Gasteiger partial charge in [-0.3, -0.25) is 14.1 Å². The molecule has 0 bridgehead atoms. The SMILES string of the molecule is C.C.C.C.C.C.C.C.C.C.C.C[Si](C)(C)O[Si](C)(C)O[Si](C)(CCCOCC(=O)CC(=O)O)O[Si](C)(C)C.C[Si](C)(C)O[Si](C)(C)O[Si](C)(CCCOCCOP(=O)(O)O)O[Si](C)(C)C. The Labute approximate surface area is 416 Å². The van der Waals surface area contributed by atoms with E-state index in [0.29, 0.717) is 19.6 Å². The number of carboxylic acids is 1. The molecule has 0 aliphatic rings. The summed E-state index contributed by atoms with van der Waals surface area (Å²) < 4.78 is 64.5. The van der Waals surface area contributed by atoms with E-state index in [-0.39, 0.29) is 102 Å². The van der Waals surface area contributed by atoms with Gasteiger partial charge in [-0.1, -0.05) is 81.7 Å². The number of ketones is 1. The number of hydrogen-bond donors (Lipinski definition) is 3. The highest BCUT2D eigenvalue weighted by atomic mass is 31.2. The van der Waals surface area contributed by atoms with E-state index in [2.05, 4.69) is 122 Å². The summed E-state index contributed by atoms with van der Waals surface area (Å²) in [6, 6.07) is 1.53. The van der Waals surface area contributed by atoms with E-state index < -0.39 is 93.5 Å². The van der Waals surface area contributed by atoms with E-state index in [1.54, 1.807) is 0 Å². The van der Waals surface area contributed by atoms with Crippen LogP contribution in [-0.2, 0) is 52.8 Å². The number of ether oxygens (including phenoxy) is 2. The fraction of sp³-hybridized carbons (Fsp3) is 0.951. The molecule has 15 nitrogen and oxygen atoms in total. The smallest absolute Gasteiger partial charge is 0.469 e. The Balaban J connectivity index is -0.0000000647. The molecule has 0 fully saturated rings. The van der Waals surface area contributed by atoms with E-state index in [4.69, 9.17) is 49.1 Å². The summed E-state index contributed by atoms with van der Waals surface area (Å²) in [6.45, 7) is 39.1. The maximum atomic E-state index is 11.4. The third-order valence-corrected chi connectivity index (χ3v) is 33.6. The zero-order valence-corrected chi connectivity index (χ0v) is 45.7. The molecule has 3 N–H and O–H groups in total. The molecule has 2 atom stereocenters. The van der Waals surface area contributed by atoms with Crippen molar-refractivity contribution in [1.29, 1.82) is 0 Å². The van der Waals surface area contributed by atoms with Crippen molar-refractivity contribution in [2.45, 2.75) is 231 Å². The van der Waals surface area contributed by atoms with Crippen LogP contribution < -0.4 is 0 Å². The van der Waals surface area contributed by atoms with Gasteiger partial charge in [-0.05, 0) is 143 Å². The summed E-state index contributed by atoms with van der Waals surface area (Å²) >= 11 is 0. The molecule has 65 heavy (non-hydrogen) atoms. The molecule has 0 heterocycles. The number of carbonyl (C=O) groups is 2. The minimum atomic E-state index is -4.43. The zero-order chi connectivity index (χ0) is 43.1. The van der Waals surface area contributed by atoms with Crippen LogP contribution in [0.2, 0.25) is 130 Å². The van der Waals surface area contributed by atoms with Gasteiger partial charge < -0.3 is 49.1 Å². The largest absolute Gasteiger partial charge is 0.481 e. The lowest BCUT2D eigenvalue weighted by Gasteiger charge is -2.41. The van der Waals surface area contributed by atoms with E-state index in [9.17, 15) is 14.2 Å². The van der Waals surface area contributed by atoms with Crippen LogP contribution in [0.15, 0.2) is 0 Å². The lowest BCUT2D eigenvalue weighted by atomic mass is 10.3. The molecule has 0 aromatic rings. The third kappa shape index (κ3) is 66.8. The first-order chi connectivity index (χ1) is 23.8. The molecular weight excluding hydrogens is 988 g/mol. The highest BCUT2D eigenvalue weighted by molar-refractivity contribution is 7.46. The minimum absolute atomic E-state index is 0. The van der Waals surface area contributed by atoms with E-state index >= 15 is 0 Å². The monoisotopic (exact) mass is 1110 g/mol. The highest BCUT2D eigenvalue weighted by Crippen LogP contribution is 2.35. The van der Waals surface area contributed by atoms with Crippen LogP contribution in [-0.4, -0.2) is 127 Å². The van der Waals surface area contributed by atoms with Crippen LogP contribution in [0.1, 0.15) is 101 Å². The summed E-state index contributed by atoms with van der Waals surface area (Å²) in [5.74, 6) is -1.55. The molecular formula is C41H121O15PSi8. The second kappa shape index (κ2) is 41.3. The van der Waals surface area contributed by atoms with Gasteiger partial charge in [0.05, 0.1) is 13.2 Å². The van der Waals surface area contributed by atoms with Crippen LogP contribution in [0.4, 0.5) is 0 Å². The standard InChI is InChI=1S/C16H38O7Si4.C14H39O8PSi4.11CH4/c1-24(2,3)21-26(7,8)23-27(9,22-25(4,5)6)12-10-11-20-14-15(17)13-16(18)19;1-24(2,3)20-26(7,8)22-27(9,21-25(4,5)6)14-10-11-18-12-13-19-23(15,16)17;;;;;;;;;;;/h10-14H2,1-9H3,(H,18,19);10-14H2,1-9H3,(H2,15,16,17);11*1H4. The van der Waals surface area contributed by atoms with Gasteiger partial charge >= 0.3 is 48.0 Å². The van der Waals surface area contributed by atoms with Crippen molar-refractivity contribution < 1.29 is 67.7 Å². The number of rotatable bonds is 28. The normalized spacial score (nSPS) is 13.2.